The summed E-state index contributed by atoms with van der Waals surface area (Å²) in [5.41, 5.74) is 0.677. The largest absolute Gasteiger partial charge is 0.465 e. The average molecular weight is 357 g/mol. The summed E-state index contributed by atoms with van der Waals surface area (Å²) in [5, 5.41) is 9.76. The first kappa shape index (κ1) is 16.8. The van der Waals surface area contributed by atoms with E-state index in [1.165, 1.54) is 7.11 Å². The van der Waals surface area contributed by atoms with Crippen molar-refractivity contribution in [3.8, 4) is 0 Å². The van der Waals surface area contributed by atoms with Crippen LogP contribution in [0.3, 0.4) is 0 Å². The van der Waals surface area contributed by atoms with E-state index in [-0.39, 0.29) is 12.1 Å². The Kier molecular flexibility index (Phi) is 4.62. The summed E-state index contributed by atoms with van der Waals surface area (Å²) in [6.07, 6.45) is 0. The molecule has 2 aromatic heterocycles. The number of nitrogens with zero attached hydrogens (tertiary/aromatic N) is 2. The molecule has 8 heteroatoms. The van der Waals surface area contributed by atoms with E-state index in [0.717, 1.165) is 21.4 Å². The molecule has 0 spiro atoms. The minimum atomic E-state index is -0.526. The summed E-state index contributed by atoms with van der Waals surface area (Å²) >= 11 is 1.16. The number of esters is 1. The fraction of sp³-hybridized carbons (Fsp3) is 0.176. The minimum Gasteiger partial charge on any atom is -0.465 e. The van der Waals surface area contributed by atoms with Gasteiger partial charge in [0, 0.05) is 5.39 Å². The van der Waals surface area contributed by atoms with Crippen molar-refractivity contribution in [2.24, 2.45) is 0 Å². The van der Waals surface area contributed by atoms with Crippen molar-refractivity contribution in [2.45, 2.75) is 13.5 Å². The topological polar surface area (TPSA) is 90.3 Å². The number of anilines is 1. The second kappa shape index (κ2) is 6.86. The van der Waals surface area contributed by atoms with Crippen LogP contribution in [0.2, 0.25) is 0 Å². The average Bonchev–Trinajstić information content (AvgIpc) is 3.06. The Morgan fingerprint density at radius 2 is 1.96 bits per heavy atom. The number of rotatable bonds is 4. The number of methoxy groups -OCH3 is 1. The zero-order valence-corrected chi connectivity index (χ0v) is 14.4. The molecule has 0 saturated carbocycles. The zero-order valence-electron chi connectivity index (χ0n) is 13.6. The number of benzene rings is 1. The second-order valence-corrected chi connectivity index (χ2v) is 6.21. The predicted molar refractivity (Wildman–Crippen MR) is 95.0 cm³/mol. The molecule has 0 unspecified atom stereocenters. The molecule has 0 aliphatic rings. The molecular weight excluding hydrogens is 342 g/mol. The summed E-state index contributed by atoms with van der Waals surface area (Å²) < 4.78 is 5.79. The molecule has 25 heavy (non-hydrogen) atoms. The molecule has 1 aromatic carbocycles. The van der Waals surface area contributed by atoms with Crippen molar-refractivity contribution in [2.75, 3.05) is 12.4 Å². The number of thiophene rings is 1. The standard InChI is InChI=1S/C17H15N3O4S/c1-10-11-5-3-4-6-12(11)16(22)20(19-10)9-14(21)18-13-7-8-25-15(13)17(23)24-2/h3-8H,9H2,1-2H3,(H,18,21). The SMILES string of the molecule is COC(=O)c1sccc1NC(=O)Cn1nc(C)c2ccccc2c1=O. The van der Waals surface area contributed by atoms with Crippen LogP contribution in [0.5, 0.6) is 0 Å². The molecule has 128 valence electrons. The smallest absolute Gasteiger partial charge is 0.350 e. The quantitative estimate of drug-likeness (QED) is 0.723. The first-order valence-corrected chi connectivity index (χ1v) is 8.31. The highest BCUT2D eigenvalue weighted by Crippen LogP contribution is 2.23. The molecule has 0 bridgehead atoms. The van der Waals surface area contributed by atoms with Crippen LogP contribution in [0.25, 0.3) is 10.8 Å². The molecule has 2 heterocycles. The Balaban J connectivity index is 1.86. The van der Waals surface area contributed by atoms with Crippen molar-refractivity contribution in [3.05, 3.63) is 56.6 Å². The molecule has 1 amide bonds. The summed E-state index contributed by atoms with van der Waals surface area (Å²) in [5.74, 6) is -0.977. The summed E-state index contributed by atoms with van der Waals surface area (Å²) in [6, 6.07) is 8.73. The van der Waals surface area contributed by atoms with Gasteiger partial charge in [0.2, 0.25) is 5.91 Å². The Morgan fingerprint density at radius 3 is 2.68 bits per heavy atom. The van der Waals surface area contributed by atoms with E-state index in [9.17, 15) is 14.4 Å². The number of nitrogens with one attached hydrogen (secondary N) is 1. The molecule has 3 rings (SSSR count). The molecule has 0 radical (unpaired) electrons. The lowest BCUT2D eigenvalue weighted by molar-refractivity contribution is -0.117. The zero-order chi connectivity index (χ0) is 18.0. The highest BCUT2D eigenvalue weighted by Gasteiger charge is 2.17. The third-order valence-electron chi connectivity index (χ3n) is 3.66. The van der Waals surface area contributed by atoms with Gasteiger partial charge in [-0.25, -0.2) is 9.48 Å². The molecule has 0 aliphatic carbocycles. The fourth-order valence-electron chi connectivity index (χ4n) is 2.50. The molecule has 0 fully saturated rings. The van der Waals surface area contributed by atoms with Crippen LogP contribution in [-0.2, 0) is 16.1 Å². The van der Waals surface area contributed by atoms with E-state index >= 15 is 0 Å². The van der Waals surface area contributed by atoms with Crippen molar-refractivity contribution in [1.82, 2.24) is 9.78 Å². The number of hydrogen-bond acceptors (Lipinski definition) is 6. The van der Waals surface area contributed by atoms with Crippen LogP contribution in [0.1, 0.15) is 15.4 Å². The van der Waals surface area contributed by atoms with Crippen molar-refractivity contribution < 1.29 is 14.3 Å². The van der Waals surface area contributed by atoms with Gasteiger partial charge in [-0.1, -0.05) is 18.2 Å². The van der Waals surface area contributed by atoms with E-state index in [1.807, 2.05) is 12.1 Å². The van der Waals surface area contributed by atoms with Gasteiger partial charge in [-0.3, -0.25) is 9.59 Å². The van der Waals surface area contributed by atoms with E-state index in [1.54, 1.807) is 30.5 Å². The first-order chi connectivity index (χ1) is 12.0. The predicted octanol–water partition coefficient (Wildman–Crippen LogP) is 2.19. The van der Waals surface area contributed by atoms with Gasteiger partial charge in [0.25, 0.3) is 5.56 Å². The molecule has 7 nitrogen and oxygen atoms in total. The number of carbonyl (C=O) groups excluding carboxylic acids is 2. The van der Waals surface area contributed by atoms with Crippen molar-refractivity contribution in [3.63, 3.8) is 0 Å². The van der Waals surface area contributed by atoms with Gasteiger partial charge in [0.1, 0.15) is 11.4 Å². The third-order valence-corrected chi connectivity index (χ3v) is 4.55. The summed E-state index contributed by atoms with van der Waals surface area (Å²) in [6.45, 7) is 1.53. The van der Waals surface area contributed by atoms with Crippen LogP contribution in [0, 0.1) is 6.92 Å². The van der Waals surface area contributed by atoms with Gasteiger partial charge in [0.05, 0.1) is 23.9 Å². The number of aryl methyl sites for hydroxylation is 1. The molecule has 3 aromatic rings. The lowest BCUT2D eigenvalue weighted by atomic mass is 10.1. The highest BCUT2D eigenvalue weighted by atomic mass is 32.1. The monoisotopic (exact) mass is 357 g/mol. The van der Waals surface area contributed by atoms with Crippen LogP contribution in [-0.4, -0.2) is 28.8 Å². The number of hydrogen-bond donors (Lipinski definition) is 1. The number of aromatic nitrogens is 2. The van der Waals surface area contributed by atoms with E-state index in [0.29, 0.717) is 21.6 Å². The Hall–Kier alpha value is -3.00. The maximum absolute atomic E-state index is 12.5. The summed E-state index contributed by atoms with van der Waals surface area (Å²) in [4.78, 5) is 36.7. The van der Waals surface area contributed by atoms with E-state index in [4.69, 9.17) is 0 Å². The molecule has 1 N–H and O–H groups in total. The number of carbonyl (C=O) groups is 2. The Morgan fingerprint density at radius 1 is 1.24 bits per heavy atom. The Bertz CT molecular complexity index is 1020. The minimum absolute atomic E-state index is 0.249. The van der Waals surface area contributed by atoms with Crippen LogP contribution in [0.4, 0.5) is 5.69 Å². The molecule has 0 saturated heterocycles. The van der Waals surface area contributed by atoms with Gasteiger partial charge in [-0.2, -0.15) is 5.10 Å². The highest BCUT2D eigenvalue weighted by molar-refractivity contribution is 7.12. The van der Waals surface area contributed by atoms with Gasteiger partial charge in [-0.05, 0) is 24.4 Å². The Labute approximate surface area is 146 Å². The number of amides is 1. The van der Waals surface area contributed by atoms with Crippen molar-refractivity contribution in [1.29, 1.82) is 0 Å². The third kappa shape index (κ3) is 3.29. The van der Waals surface area contributed by atoms with Gasteiger partial charge in [0.15, 0.2) is 0 Å². The molecular formula is C17H15N3O4S. The van der Waals surface area contributed by atoms with Crippen LogP contribution < -0.4 is 10.9 Å². The second-order valence-electron chi connectivity index (χ2n) is 5.30. The first-order valence-electron chi connectivity index (χ1n) is 7.43. The number of ether oxygens (including phenoxy) is 1. The van der Waals surface area contributed by atoms with Crippen LogP contribution >= 0.6 is 11.3 Å². The van der Waals surface area contributed by atoms with Crippen molar-refractivity contribution >= 4 is 39.7 Å². The van der Waals surface area contributed by atoms with E-state index < -0.39 is 11.9 Å². The molecule has 0 aliphatic heterocycles. The molecule has 0 atom stereocenters. The number of fused-ring (bicyclic) bond motifs is 1. The lowest BCUT2D eigenvalue weighted by Crippen LogP contribution is -2.30. The van der Waals surface area contributed by atoms with Gasteiger partial charge < -0.3 is 10.1 Å². The maximum Gasteiger partial charge on any atom is 0.350 e. The fourth-order valence-corrected chi connectivity index (χ4v) is 3.26. The lowest BCUT2D eigenvalue weighted by Gasteiger charge is -2.09. The van der Waals surface area contributed by atoms with Gasteiger partial charge in [-0.15, -0.1) is 11.3 Å². The van der Waals surface area contributed by atoms with Gasteiger partial charge >= 0.3 is 5.97 Å². The maximum atomic E-state index is 12.5. The normalized spacial score (nSPS) is 10.6. The summed E-state index contributed by atoms with van der Waals surface area (Å²) in [7, 11) is 1.27. The van der Waals surface area contributed by atoms with Crippen LogP contribution in [0.15, 0.2) is 40.5 Å². The van der Waals surface area contributed by atoms with E-state index in [2.05, 4.69) is 15.2 Å².